The third-order valence-corrected chi connectivity index (χ3v) is 2.03. The lowest BCUT2D eigenvalue weighted by Crippen LogP contribution is -2.44. The number of nitrogens with two attached hydrogens (primary N) is 1. The summed E-state index contributed by atoms with van der Waals surface area (Å²) in [7, 11) is 0. The van der Waals surface area contributed by atoms with E-state index >= 15 is 0 Å². The second kappa shape index (κ2) is 5.74. The number of carbonyl (C=O) groups excluding carboxylic acids is 1. The molecule has 0 aliphatic carbocycles. The molecular weight excluding hydrogens is 212 g/mol. The van der Waals surface area contributed by atoms with E-state index in [0.717, 1.165) is 6.42 Å². The van der Waals surface area contributed by atoms with Gasteiger partial charge in [0.1, 0.15) is 6.26 Å². The van der Waals surface area contributed by atoms with Crippen LogP contribution in [-0.4, -0.2) is 28.1 Å². The lowest BCUT2D eigenvalue weighted by Gasteiger charge is -2.15. The van der Waals surface area contributed by atoms with E-state index in [-0.39, 0.29) is 11.5 Å². The van der Waals surface area contributed by atoms with Crippen LogP contribution in [0.4, 0.5) is 0 Å². The highest BCUT2D eigenvalue weighted by molar-refractivity contribution is 5.96. The van der Waals surface area contributed by atoms with Crippen LogP contribution in [0.15, 0.2) is 22.0 Å². The second-order valence-electron chi connectivity index (χ2n) is 3.22. The summed E-state index contributed by atoms with van der Waals surface area (Å²) in [5.41, 5.74) is 5.61. The van der Waals surface area contributed by atoms with Crippen LogP contribution in [0.2, 0.25) is 0 Å². The molecule has 7 heteroatoms. The average Bonchev–Trinajstić information content (AvgIpc) is 2.80. The van der Waals surface area contributed by atoms with Gasteiger partial charge in [0.05, 0.1) is 6.04 Å². The minimum Gasteiger partial charge on any atom is -0.409 e. The number of nitrogens with zero attached hydrogens (tertiary/aromatic N) is 2. The summed E-state index contributed by atoms with van der Waals surface area (Å²) in [5, 5.41) is 17.5. The zero-order valence-electron chi connectivity index (χ0n) is 8.88. The number of carbonyl (C=O) groups is 1. The number of aromatic nitrogens is 1. The minimum atomic E-state index is -0.501. The van der Waals surface area contributed by atoms with Gasteiger partial charge >= 0.3 is 0 Å². The Bertz CT molecular complexity index is 361. The van der Waals surface area contributed by atoms with Crippen LogP contribution in [0.25, 0.3) is 0 Å². The standard InChI is InChI=1S/C9H14N4O3/c1-2-3-6(8(10)12-15)11-9(14)7-4-5-16-13-7/h4-6,15H,2-3H2,1H3,(H2,10,12)(H,11,14). The van der Waals surface area contributed by atoms with E-state index in [1.165, 1.54) is 12.3 Å². The summed E-state index contributed by atoms with van der Waals surface area (Å²) in [4.78, 5) is 11.6. The van der Waals surface area contributed by atoms with Gasteiger partial charge in [0.25, 0.3) is 5.91 Å². The van der Waals surface area contributed by atoms with Crippen LogP contribution in [0.1, 0.15) is 30.3 Å². The molecule has 0 saturated heterocycles. The first-order valence-electron chi connectivity index (χ1n) is 4.87. The van der Waals surface area contributed by atoms with Gasteiger partial charge in [-0.05, 0) is 6.42 Å². The first-order valence-corrected chi connectivity index (χ1v) is 4.87. The molecule has 1 unspecified atom stereocenters. The molecule has 4 N–H and O–H groups in total. The van der Waals surface area contributed by atoms with Crippen LogP contribution in [0, 0.1) is 0 Å². The molecule has 1 heterocycles. The third kappa shape index (κ3) is 2.97. The molecular formula is C9H14N4O3. The number of hydrogen-bond acceptors (Lipinski definition) is 5. The number of nitrogens with one attached hydrogen (secondary N) is 1. The summed E-state index contributed by atoms with van der Waals surface area (Å²) < 4.78 is 4.54. The molecule has 7 nitrogen and oxygen atoms in total. The van der Waals surface area contributed by atoms with Crippen molar-refractivity contribution in [3.63, 3.8) is 0 Å². The number of rotatable bonds is 5. The fraction of sp³-hybridized carbons (Fsp3) is 0.444. The second-order valence-corrected chi connectivity index (χ2v) is 3.22. The van der Waals surface area contributed by atoms with E-state index < -0.39 is 11.9 Å². The topological polar surface area (TPSA) is 114 Å². The maximum absolute atomic E-state index is 11.6. The third-order valence-electron chi connectivity index (χ3n) is 2.03. The van der Waals surface area contributed by atoms with Gasteiger partial charge in [-0.2, -0.15) is 0 Å². The Morgan fingerprint density at radius 3 is 3.06 bits per heavy atom. The van der Waals surface area contributed by atoms with Gasteiger partial charge in [0.15, 0.2) is 11.5 Å². The molecule has 0 bridgehead atoms. The number of amides is 1. The highest BCUT2D eigenvalue weighted by atomic mass is 16.5. The molecule has 0 aliphatic rings. The Morgan fingerprint density at radius 1 is 1.81 bits per heavy atom. The predicted molar refractivity (Wildman–Crippen MR) is 56.1 cm³/mol. The SMILES string of the molecule is CCCC(NC(=O)c1ccon1)C(N)=NO. The van der Waals surface area contributed by atoms with E-state index in [4.69, 9.17) is 10.9 Å². The molecule has 0 aromatic carbocycles. The molecule has 1 atom stereocenters. The van der Waals surface area contributed by atoms with Crippen molar-refractivity contribution >= 4 is 11.7 Å². The van der Waals surface area contributed by atoms with Crippen LogP contribution in [0.3, 0.4) is 0 Å². The summed E-state index contributed by atoms with van der Waals surface area (Å²) in [6.07, 6.45) is 2.67. The number of oxime groups is 1. The molecule has 1 amide bonds. The molecule has 0 spiro atoms. The van der Waals surface area contributed by atoms with E-state index in [9.17, 15) is 4.79 Å². The van der Waals surface area contributed by atoms with Gasteiger partial charge in [-0.3, -0.25) is 4.79 Å². The van der Waals surface area contributed by atoms with Gasteiger partial charge in [-0.1, -0.05) is 23.7 Å². The van der Waals surface area contributed by atoms with Crippen molar-refractivity contribution in [1.82, 2.24) is 10.5 Å². The first kappa shape index (κ1) is 12.0. The van der Waals surface area contributed by atoms with Gasteiger partial charge in [-0.25, -0.2) is 0 Å². The summed E-state index contributed by atoms with van der Waals surface area (Å²) in [6.45, 7) is 1.93. The van der Waals surface area contributed by atoms with Gasteiger partial charge in [0, 0.05) is 6.07 Å². The van der Waals surface area contributed by atoms with Crippen LogP contribution in [0.5, 0.6) is 0 Å². The quantitative estimate of drug-likeness (QED) is 0.289. The van der Waals surface area contributed by atoms with Crippen molar-refractivity contribution < 1.29 is 14.5 Å². The summed E-state index contributed by atoms with van der Waals surface area (Å²) in [6, 6.07) is 0.934. The maximum atomic E-state index is 11.6. The Morgan fingerprint density at radius 2 is 2.56 bits per heavy atom. The normalized spacial score (nSPS) is 13.4. The summed E-state index contributed by atoms with van der Waals surface area (Å²) in [5.74, 6) is -0.447. The smallest absolute Gasteiger partial charge is 0.274 e. The van der Waals surface area contributed by atoms with Crippen LogP contribution < -0.4 is 11.1 Å². The fourth-order valence-corrected chi connectivity index (χ4v) is 1.21. The Hall–Kier alpha value is -2.05. The Kier molecular flexibility index (Phi) is 4.31. The van der Waals surface area contributed by atoms with Crippen LogP contribution >= 0.6 is 0 Å². The number of amidine groups is 1. The predicted octanol–water partition coefficient (Wildman–Crippen LogP) is 0.319. The molecule has 88 valence electrons. The van der Waals surface area contributed by atoms with Gasteiger partial charge < -0.3 is 20.8 Å². The monoisotopic (exact) mass is 226 g/mol. The molecule has 1 rings (SSSR count). The molecule has 1 aromatic rings. The van der Waals surface area contributed by atoms with E-state index in [1.807, 2.05) is 6.92 Å². The molecule has 0 saturated carbocycles. The van der Waals surface area contributed by atoms with Crippen molar-refractivity contribution in [2.45, 2.75) is 25.8 Å². The lowest BCUT2D eigenvalue weighted by atomic mass is 10.1. The van der Waals surface area contributed by atoms with E-state index in [0.29, 0.717) is 6.42 Å². The zero-order chi connectivity index (χ0) is 12.0. The van der Waals surface area contributed by atoms with E-state index in [2.05, 4.69) is 20.2 Å². The molecule has 0 aliphatic heterocycles. The van der Waals surface area contributed by atoms with Crippen molar-refractivity contribution in [3.8, 4) is 0 Å². The van der Waals surface area contributed by atoms with Crippen molar-refractivity contribution in [2.24, 2.45) is 10.9 Å². The Balaban J connectivity index is 2.65. The Labute approximate surface area is 92.3 Å². The zero-order valence-corrected chi connectivity index (χ0v) is 8.88. The van der Waals surface area contributed by atoms with Gasteiger partial charge in [0.2, 0.25) is 0 Å². The molecule has 16 heavy (non-hydrogen) atoms. The summed E-state index contributed by atoms with van der Waals surface area (Å²) >= 11 is 0. The van der Waals surface area contributed by atoms with Crippen molar-refractivity contribution in [1.29, 1.82) is 0 Å². The molecule has 1 aromatic heterocycles. The average molecular weight is 226 g/mol. The highest BCUT2D eigenvalue weighted by Crippen LogP contribution is 2.00. The number of hydrogen-bond donors (Lipinski definition) is 3. The maximum Gasteiger partial charge on any atom is 0.274 e. The minimum absolute atomic E-state index is 0.0290. The van der Waals surface area contributed by atoms with Crippen molar-refractivity contribution in [2.75, 3.05) is 0 Å². The van der Waals surface area contributed by atoms with Crippen molar-refractivity contribution in [3.05, 3.63) is 18.0 Å². The first-order chi connectivity index (χ1) is 7.69. The molecule has 0 fully saturated rings. The van der Waals surface area contributed by atoms with E-state index in [1.54, 1.807) is 0 Å². The van der Waals surface area contributed by atoms with Crippen LogP contribution in [-0.2, 0) is 0 Å². The largest absolute Gasteiger partial charge is 0.409 e. The van der Waals surface area contributed by atoms with Gasteiger partial charge in [-0.15, -0.1) is 0 Å². The molecule has 0 radical (unpaired) electrons. The fourth-order valence-electron chi connectivity index (χ4n) is 1.21. The lowest BCUT2D eigenvalue weighted by molar-refractivity contribution is 0.0935. The highest BCUT2D eigenvalue weighted by Gasteiger charge is 2.18.